The molecule has 14 aromatic rings. The van der Waals surface area contributed by atoms with Gasteiger partial charge in [0.25, 0.3) is 0 Å². The zero-order valence-corrected chi connectivity index (χ0v) is 48.6. The van der Waals surface area contributed by atoms with Crippen LogP contribution in [0.4, 0.5) is 0 Å². The van der Waals surface area contributed by atoms with Crippen LogP contribution >= 0.6 is 0 Å². The van der Waals surface area contributed by atoms with Gasteiger partial charge in [-0.3, -0.25) is 0 Å². The Bertz CT molecular complexity index is 5390. The van der Waals surface area contributed by atoms with Gasteiger partial charge in [0, 0.05) is 60.8 Å². The van der Waals surface area contributed by atoms with Crippen molar-refractivity contribution >= 4 is 65.4 Å². The van der Waals surface area contributed by atoms with Crippen LogP contribution in [0.3, 0.4) is 0 Å². The van der Waals surface area contributed by atoms with Crippen molar-refractivity contribution in [1.82, 2.24) is 0 Å². The van der Waals surface area contributed by atoms with E-state index in [9.17, 15) is 0 Å². The molecule has 400 valence electrons. The summed E-state index contributed by atoms with van der Waals surface area (Å²) < 4.78 is 14.4. The van der Waals surface area contributed by atoms with Crippen molar-refractivity contribution in [3.8, 4) is 66.8 Å². The van der Waals surface area contributed by atoms with Gasteiger partial charge < -0.3 is 8.83 Å². The summed E-state index contributed by atoms with van der Waals surface area (Å²) in [5.74, 6) is 0.566. The quantitative estimate of drug-likeness (QED) is 0.161. The van der Waals surface area contributed by atoms with Crippen LogP contribution in [0.15, 0.2) is 215 Å². The molecular weight excluding hydrogens is 1020 g/mol. The maximum absolute atomic E-state index is 7.22. The molecule has 5 aliphatic rings. The van der Waals surface area contributed by atoms with E-state index in [4.69, 9.17) is 8.83 Å². The van der Waals surface area contributed by atoms with Crippen LogP contribution in [-0.2, 0) is 21.7 Å². The summed E-state index contributed by atoms with van der Waals surface area (Å²) in [5, 5.41) is 10.00. The molecule has 19 rings (SSSR count). The first kappa shape index (κ1) is 47.3. The molecule has 0 aliphatic heterocycles. The van der Waals surface area contributed by atoms with Gasteiger partial charge in [0.2, 0.25) is 0 Å². The zero-order chi connectivity index (χ0) is 56.2. The third kappa shape index (κ3) is 5.60. The number of para-hydroxylation sites is 2. The molecule has 2 atom stereocenters. The number of benzene rings is 12. The molecule has 84 heavy (non-hydrogen) atoms. The van der Waals surface area contributed by atoms with Gasteiger partial charge in [0.15, 0.2) is 0 Å². The van der Waals surface area contributed by atoms with Gasteiger partial charge in [-0.25, -0.2) is 0 Å². The maximum Gasteiger partial charge on any atom is 0.143 e. The summed E-state index contributed by atoms with van der Waals surface area (Å²) in [7, 11) is 0. The van der Waals surface area contributed by atoms with Gasteiger partial charge in [0.05, 0.1) is 0 Å². The third-order valence-corrected chi connectivity index (χ3v) is 21.9. The molecule has 2 heterocycles. The molecule has 2 nitrogen and oxygen atoms in total. The molecule has 0 saturated heterocycles. The average Bonchev–Trinajstić information content (AvgIpc) is 1.61. The number of hydrogen-bond donors (Lipinski definition) is 0. The molecule has 12 aromatic carbocycles. The third-order valence-electron chi connectivity index (χ3n) is 21.9. The van der Waals surface area contributed by atoms with E-state index in [1.165, 1.54) is 144 Å². The molecule has 2 heteroatoms. The number of hydrogen-bond acceptors (Lipinski definition) is 2. The molecule has 2 unspecified atom stereocenters. The highest BCUT2D eigenvalue weighted by Gasteiger charge is 2.52. The van der Waals surface area contributed by atoms with Crippen LogP contribution in [0.5, 0.6) is 0 Å². The lowest BCUT2D eigenvalue weighted by molar-refractivity contribution is 0.420. The van der Waals surface area contributed by atoms with Gasteiger partial charge in [0.1, 0.15) is 22.3 Å². The fourth-order valence-electron chi connectivity index (χ4n) is 18.1. The lowest BCUT2D eigenvalue weighted by Crippen LogP contribution is -2.27. The van der Waals surface area contributed by atoms with E-state index in [1.54, 1.807) is 0 Å². The van der Waals surface area contributed by atoms with E-state index in [-0.39, 0.29) is 27.6 Å². The number of rotatable bonds is 2. The molecule has 2 aromatic heterocycles. The molecule has 0 saturated carbocycles. The average molecular weight is 1080 g/mol. The second-order valence-electron chi connectivity index (χ2n) is 27.4. The van der Waals surface area contributed by atoms with E-state index in [0.717, 1.165) is 44.2 Å². The smallest absolute Gasteiger partial charge is 0.143 e. The van der Waals surface area contributed by atoms with Crippen molar-refractivity contribution in [3.05, 3.63) is 262 Å². The fraction of sp³-hybridized carbons (Fsp3) is 0.171. The Kier molecular flexibility index (Phi) is 8.72. The first-order chi connectivity index (χ1) is 40.7. The van der Waals surface area contributed by atoms with E-state index < -0.39 is 0 Å². The standard InChI is InChI=1S/C82H60O2/c1-79(2)63-41-60-64(42-59(63)71-65(79)39-55(77-73(71)53-29-17-19-31-67(53)83-77)43-33-35-61-57(37-43)69-49-25-13-9-21-45(49)47-23-11-15-27-51(47)75(69)81(61,5)6)80(3,4)66-40-56(78-74(72(60)66)54-30-18-20-32-68(54)84-78)44-34-36-62-58(38-44)70-50-26-14-10-22-46(50)48-24-12-16-28-52(48)76(70)82(62,7)8/h9-42,69,75H,1-8H3. The molecule has 0 bridgehead atoms. The van der Waals surface area contributed by atoms with Crippen LogP contribution in [0, 0.1) is 0 Å². The lowest BCUT2D eigenvalue weighted by atomic mass is 9.65. The molecular formula is C82H60O2. The molecule has 0 fully saturated rings. The number of fused-ring (bicyclic) bond motifs is 30. The molecule has 0 N–H and O–H groups in total. The normalized spacial score (nSPS) is 18.1. The topological polar surface area (TPSA) is 26.3 Å². The Hall–Kier alpha value is -9.24. The Morgan fingerprint density at radius 3 is 1.33 bits per heavy atom. The highest BCUT2D eigenvalue weighted by atomic mass is 16.3. The van der Waals surface area contributed by atoms with Gasteiger partial charge in [-0.2, -0.15) is 0 Å². The Balaban J connectivity index is 0.810. The van der Waals surface area contributed by atoms with Crippen molar-refractivity contribution < 1.29 is 8.83 Å². The molecule has 5 aliphatic carbocycles. The molecule has 0 amide bonds. The van der Waals surface area contributed by atoms with Crippen molar-refractivity contribution in [2.45, 2.75) is 88.9 Å². The van der Waals surface area contributed by atoms with Gasteiger partial charge in [-0.1, -0.05) is 219 Å². The highest BCUT2D eigenvalue weighted by Crippen LogP contribution is 2.66. The van der Waals surface area contributed by atoms with Gasteiger partial charge >= 0.3 is 0 Å². The van der Waals surface area contributed by atoms with Gasteiger partial charge in [-0.15, -0.1) is 0 Å². The fourth-order valence-corrected chi connectivity index (χ4v) is 18.1. The summed E-state index contributed by atoms with van der Waals surface area (Å²) >= 11 is 0. The zero-order valence-electron chi connectivity index (χ0n) is 48.6. The van der Waals surface area contributed by atoms with E-state index >= 15 is 0 Å². The van der Waals surface area contributed by atoms with E-state index in [0.29, 0.717) is 5.92 Å². The molecule has 0 radical (unpaired) electrons. The SMILES string of the molecule is CC1(C)c2cc3c(cc2-c2c1cc(-c1ccc4c(c1)-c1c(c5ccccc5c5ccccc15)C4(C)C)c1oc4ccccc4c21)C(C)(C)c1cc(-c2ccc4c(c2)C2c5ccccc5-c5ccccc5C2C4(C)C)c2oc4ccccc4c2c1-3. The summed E-state index contributed by atoms with van der Waals surface area (Å²) in [6.45, 7) is 19.6. The summed E-state index contributed by atoms with van der Waals surface area (Å²) in [6, 6.07) is 78.7. The Labute approximate surface area is 489 Å². The molecule has 0 spiro atoms. The number of furan rings is 2. The largest absolute Gasteiger partial charge is 0.455 e. The first-order valence-electron chi connectivity index (χ1n) is 30.3. The van der Waals surface area contributed by atoms with Crippen LogP contribution < -0.4 is 0 Å². The predicted octanol–water partition coefficient (Wildman–Crippen LogP) is 22.2. The minimum absolute atomic E-state index is 0.0706. The predicted molar refractivity (Wildman–Crippen MR) is 349 cm³/mol. The summed E-state index contributed by atoms with van der Waals surface area (Å²) in [4.78, 5) is 0. The Morgan fingerprint density at radius 1 is 0.298 bits per heavy atom. The van der Waals surface area contributed by atoms with Crippen molar-refractivity contribution in [1.29, 1.82) is 0 Å². The second kappa shape index (κ2) is 15.5. The van der Waals surface area contributed by atoms with Crippen LogP contribution in [0.2, 0.25) is 0 Å². The van der Waals surface area contributed by atoms with E-state index in [1.807, 2.05) is 0 Å². The first-order valence-corrected chi connectivity index (χ1v) is 30.3. The minimum atomic E-state index is -0.347. The monoisotopic (exact) mass is 1080 g/mol. The van der Waals surface area contributed by atoms with E-state index in [2.05, 4.69) is 262 Å². The van der Waals surface area contributed by atoms with Crippen LogP contribution in [0.25, 0.3) is 132 Å². The lowest BCUT2D eigenvalue weighted by Gasteiger charge is -2.38. The Morgan fingerprint density at radius 2 is 0.738 bits per heavy atom. The van der Waals surface area contributed by atoms with Crippen molar-refractivity contribution in [3.63, 3.8) is 0 Å². The summed E-state index contributed by atoms with van der Waals surface area (Å²) in [6.07, 6.45) is 0. The van der Waals surface area contributed by atoms with Crippen LogP contribution in [0.1, 0.15) is 123 Å². The van der Waals surface area contributed by atoms with Crippen LogP contribution in [-0.4, -0.2) is 0 Å². The van der Waals surface area contributed by atoms with Crippen molar-refractivity contribution in [2.75, 3.05) is 0 Å². The van der Waals surface area contributed by atoms with Gasteiger partial charge in [-0.05, 0) is 181 Å². The second-order valence-corrected chi connectivity index (χ2v) is 27.4. The van der Waals surface area contributed by atoms with Crippen molar-refractivity contribution in [2.24, 2.45) is 0 Å². The summed E-state index contributed by atoms with van der Waals surface area (Å²) in [5.41, 5.74) is 32.0. The minimum Gasteiger partial charge on any atom is -0.455 e. The highest BCUT2D eigenvalue weighted by molar-refractivity contribution is 6.22. The maximum atomic E-state index is 7.22.